The Hall–Kier alpha value is -0.458. The third-order valence-electron chi connectivity index (χ3n) is 1.13. The monoisotopic (exact) mass is 221 g/mol. The summed E-state index contributed by atoms with van der Waals surface area (Å²) in [6, 6.07) is 5.81. The summed E-state index contributed by atoms with van der Waals surface area (Å²) < 4.78 is 0. The molecule has 12 heavy (non-hydrogen) atoms. The molecule has 1 aromatic carbocycles. The van der Waals surface area contributed by atoms with Crippen LogP contribution in [0.25, 0.3) is 0 Å². The van der Waals surface area contributed by atoms with Crippen LogP contribution >= 0.6 is 0 Å². The van der Waals surface area contributed by atoms with Gasteiger partial charge in [0.25, 0.3) is 0 Å². The molecular formula is C7H6AlFeO3. The van der Waals surface area contributed by atoms with Crippen LogP contribution in [0.3, 0.4) is 0 Å². The number of rotatable bonds is 1. The molecule has 0 aliphatic carbocycles. The van der Waals surface area contributed by atoms with Crippen LogP contribution in [-0.2, 0) is 17.1 Å². The van der Waals surface area contributed by atoms with Gasteiger partial charge >= 0.3 is 5.97 Å². The normalized spacial score (nSPS) is 7.67. The Morgan fingerprint density at radius 1 is 1.25 bits per heavy atom. The van der Waals surface area contributed by atoms with Crippen molar-refractivity contribution >= 4 is 23.3 Å². The first kappa shape index (κ1) is 14.1. The average molecular weight is 221 g/mol. The number of carbonyl (C=O) groups is 1. The van der Waals surface area contributed by atoms with E-state index in [4.69, 9.17) is 10.2 Å². The maximum Gasteiger partial charge on any atom is 0.339 e. The molecule has 0 saturated heterocycles. The van der Waals surface area contributed by atoms with Crippen molar-refractivity contribution in [1.29, 1.82) is 0 Å². The number of benzene rings is 1. The van der Waals surface area contributed by atoms with Gasteiger partial charge in [0.2, 0.25) is 0 Å². The molecule has 0 aliphatic heterocycles. The molecule has 3 radical (unpaired) electrons. The molecule has 0 atom stereocenters. The van der Waals surface area contributed by atoms with Crippen LogP contribution in [0.4, 0.5) is 0 Å². The van der Waals surface area contributed by atoms with Crippen LogP contribution in [0.15, 0.2) is 24.3 Å². The molecule has 1 aromatic rings. The van der Waals surface area contributed by atoms with Crippen molar-refractivity contribution in [3.63, 3.8) is 0 Å². The van der Waals surface area contributed by atoms with E-state index < -0.39 is 5.97 Å². The summed E-state index contributed by atoms with van der Waals surface area (Å²) in [5.74, 6) is -1.31. The van der Waals surface area contributed by atoms with Crippen molar-refractivity contribution in [3.05, 3.63) is 29.8 Å². The van der Waals surface area contributed by atoms with Gasteiger partial charge in [0, 0.05) is 34.4 Å². The molecule has 0 aliphatic rings. The molecule has 0 spiro atoms. The van der Waals surface area contributed by atoms with Gasteiger partial charge in [0.05, 0.1) is 0 Å². The molecule has 1 rings (SSSR count). The Bertz CT molecular complexity index is 265. The van der Waals surface area contributed by atoms with Gasteiger partial charge in [-0.15, -0.1) is 0 Å². The van der Waals surface area contributed by atoms with Gasteiger partial charge in [-0.2, -0.15) is 0 Å². The minimum absolute atomic E-state index is 0. The van der Waals surface area contributed by atoms with Crippen molar-refractivity contribution < 1.29 is 32.1 Å². The fourth-order valence-electron chi connectivity index (χ4n) is 0.654. The van der Waals surface area contributed by atoms with E-state index in [9.17, 15) is 4.79 Å². The van der Waals surface area contributed by atoms with Crippen molar-refractivity contribution in [1.82, 2.24) is 0 Å². The molecule has 0 bridgehead atoms. The van der Waals surface area contributed by atoms with Crippen molar-refractivity contribution in [3.8, 4) is 5.75 Å². The summed E-state index contributed by atoms with van der Waals surface area (Å²) in [7, 11) is 0. The van der Waals surface area contributed by atoms with Crippen LogP contribution in [0, 0.1) is 0 Å². The first-order valence-corrected chi connectivity index (χ1v) is 2.73. The Kier molecular flexibility index (Phi) is 7.16. The Morgan fingerprint density at radius 2 is 1.75 bits per heavy atom. The molecule has 0 heterocycles. The second-order valence-electron chi connectivity index (χ2n) is 1.82. The number of phenols is 1. The molecule has 3 nitrogen and oxygen atoms in total. The summed E-state index contributed by atoms with van der Waals surface area (Å²) in [5, 5.41) is 17.3. The van der Waals surface area contributed by atoms with E-state index in [0.717, 1.165) is 0 Å². The van der Waals surface area contributed by atoms with E-state index in [1.165, 1.54) is 12.1 Å². The molecule has 5 heteroatoms. The van der Waals surface area contributed by atoms with E-state index in [0.29, 0.717) is 0 Å². The first-order valence-electron chi connectivity index (χ1n) is 2.73. The van der Waals surface area contributed by atoms with Crippen molar-refractivity contribution in [2.24, 2.45) is 0 Å². The molecule has 0 unspecified atom stereocenters. The fourth-order valence-corrected chi connectivity index (χ4v) is 0.654. The standard InChI is InChI=1S/C7H6O3.Al.Fe/c8-6-4-2-1-3-5(6)7(9)10;;/h1-4,8H,(H,9,10);;. The van der Waals surface area contributed by atoms with Gasteiger partial charge in [-0.3, -0.25) is 0 Å². The van der Waals surface area contributed by atoms with Gasteiger partial charge in [-0.25, -0.2) is 4.79 Å². The van der Waals surface area contributed by atoms with E-state index in [1.807, 2.05) is 0 Å². The van der Waals surface area contributed by atoms with E-state index in [-0.39, 0.29) is 45.7 Å². The minimum atomic E-state index is -1.11. The van der Waals surface area contributed by atoms with Gasteiger partial charge in [0.15, 0.2) is 0 Å². The van der Waals surface area contributed by atoms with Gasteiger partial charge in [-0.05, 0) is 12.1 Å². The maximum absolute atomic E-state index is 10.3. The Balaban J connectivity index is 0. The molecule has 0 aromatic heterocycles. The number of carboxylic acids is 1. The third-order valence-corrected chi connectivity index (χ3v) is 1.13. The predicted molar refractivity (Wildman–Crippen MR) is 40.8 cm³/mol. The summed E-state index contributed by atoms with van der Waals surface area (Å²) in [4.78, 5) is 10.3. The summed E-state index contributed by atoms with van der Waals surface area (Å²) in [5.41, 5.74) is -0.0671. The smallest absolute Gasteiger partial charge is 0.339 e. The number of carboxylic acid groups (broad SMARTS) is 1. The van der Waals surface area contributed by atoms with E-state index in [2.05, 4.69) is 0 Å². The average Bonchev–Trinajstić information content (AvgIpc) is 1.88. The van der Waals surface area contributed by atoms with Crippen LogP contribution in [0.2, 0.25) is 0 Å². The van der Waals surface area contributed by atoms with Crippen molar-refractivity contribution in [2.75, 3.05) is 0 Å². The van der Waals surface area contributed by atoms with Crippen LogP contribution < -0.4 is 0 Å². The van der Waals surface area contributed by atoms with Gasteiger partial charge in [-0.1, -0.05) is 12.1 Å². The summed E-state index contributed by atoms with van der Waals surface area (Å²) in [6.45, 7) is 0. The van der Waals surface area contributed by atoms with Crippen LogP contribution in [0.5, 0.6) is 5.75 Å². The van der Waals surface area contributed by atoms with Crippen LogP contribution in [0.1, 0.15) is 10.4 Å². The second kappa shape index (κ2) is 6.10. The zero-order valence-electron chi connectivity index (χ0n) is 6.04. The molecule has 0 fully saturated rings. The SMILES string of the molecule is O=C(O)c1ccccc1O.[Al].[Fe]. The third kappa shape index (κ3) is 3.29. The Morgan fingerprint density at radius 3 is 2.08 bits per heavy atom. The summed E-state index contributed by atoms with van der Waals surface area (Å²) in [6.07, 6.45) is 0. The zero-order chi connectivity index (χ0) is 7.56. The van der Waals surface area contributed by atoms with Gasteiger partial charge < -0.3 is 10.2 Å². The topological polar surface area (TPSA) is 57.5 Å². The largest absolute Gasteiger partial charge is 0.507 e. The fraction of sp³-hybridized carbons (Fsp3) is 0. The molecule has 63 valence electrons. The molecule has 0 amide bonds. The molecule has 2 N–H and O–H groups in total. The van der Waals surface area contributed by atoms with E-state index in [1.54, 1.807) is 12.1 Å². The Labute approximate surface area is 91.0 Å². The second-order valence-corrected chi connectivity index (χ2v) is 1.82. The number of para-hydroxylation sites is 1. The molecule has 0 saturated carbocycles. The zero-order valence-corrected chi connectivity index (χ0v) is 8.30. The van der Waals surface area contributed by atoms with Crippen molar-refractivity contribution in [2.45, 2.75) is 0 Å². The maximum atomic E-state index is 10.3. The van der Waals surface area contributed by atoms with Crippen LogP contribution in [-0.4, -0.2) is 33.5 Å². The van der Waals surface area contributed by atoms with Gasteiger partial charge in [0.1, 0.15) is 11.3 Å². The first-order chi connectivity index (χ1) is 4.72. The number of hydrogen-bond donors (Lipinski definition) is 2. The quantitative estimate of drug-likeness (QED) is 0.686. The minimum Gasteiger partial charge on any atom is -0.507 e. The number of aromatic carboxylic acids is 1. The van der Waals surface area contributed by atoms with E-state index >= 15 is 0 Å². The molecular weight excluding hydrogens is 215 g/mol. The summed E-state index contributed by atoms with van der Waals surface area (Å²) >= 11 is 0. The number of aromatic hydroxyl groups is 1. The predicted octanol–water partition coefficient (Wildman–Crippen LogP) is 0.707. The number of hydrogen-bond acceptors (Lipinski definition) is 2.